The fourth-order valence-electron chi connectivity index (χ4n) is 1.53. The number of phenolic OH excluding ortho intramolecular Hbond substituents is 1. The number of carboxylic acids is 1. The number of rotatable bonds is 7. The van der Waals surface area contributed by atoms with Crippen molar-refractivity contribution in [1.82, 2.24) is 0 Å². The zero-order chi connectivity index (χ0) is 13.5. The second-order valence-electron chi connectivity index (χ2n) is 3.78. The van der Waals surface area contributed by atoms with Gasteiger partial charge in [0.2, 0.25) is 0 Å². The molecule has 0 heterocycles. The number of ketones is 1. The molecule has 0 spiro atoms. The predicted molar refractivity (Wildman–Crippen MR) is 65.1 cm³/mol. The highest BCUT2D eigenvalue weighted by atomic mass is 16.5. The fraction of sp³-hybridized carbons (Fsp3) is 0.385. The van der Waals surface area contributed by atoms with Crippen molar-refractivity contribution in [2.75, 3.05) is 6.61 Å². The summed E-state index contributed by atoms with van der Waals surface area (Å²) in [5.74, 6) is -0.818. The first-order valence-corrected chi connectivity index (χ1v) is 5.75. The quantitative estimate of drug-likeness (QED) is 0.727. The van der Waals surface area contributed by atoms with Crippen molar-refractivity contribution >= 4 is 11.8 Å². The van der Waals surface area contributed by atoms with Gasteiger partial charge in [-0.2, -0.15) is 0 Å². The summed E-state index contributed by atoms with van der Waals surface area (Å²) >= 11 is 0. The van der Waals surface area contributed by atoms with Gasteiger partial charge in [-0.3, -0.25) is 9.59 Å². The van der Waals surface area contributed by atoms with Crippen molar-refractivity contribution in [3.63, 3.8) is 0 Å². The monoisotopic (exact) mass is 252 g/mol. The number of carboxylic acid groups (broad SMARTS) is 1. The average molecular weight is 252 g/mol. The Morgan fingerprint density at radius 1 is 1.28 bits per heavy atom. The van der Waals surface area contributed by atoms with E-state index in [1.165, 1.54) is 12.1 Å². The highest BCUT2D eigenvalue weighted by Gasteiger charge is 2.13. The van der Waals surface area contributed by atoms with E-state index in [-0.39, 0.29) is 36.4 Å². The van der Waals surface area contributed by atoms with Crippen LogP contribution in [0.4, 0.5) is 0 Å². The number of hydrogen-bond donors (Lipinski definition) is 2. The molecular formula is C13H16O5. The minimum Gasteiger partial charge on any atom is -0.507 e. The lowest BCUT2D eigenvalue weighted by Crippen LogP contribution is -2.03. The van der Waals surface area contributed by atoms with Crippen molar-refractivity contribution in [2.45, 2.75) is 26.2 Å². The summed E-state index contributed by atoms with van der Waals surface area (Å²) in [4.78, 5) is 22.1. The molecule has 0 atom stereocenters. The molecule has 0 aliphatic rings. The third-order valence-corrected chi connectivity index (χ3v) is 2.37. The van der Waals surface area contributed by atoms with Crippen LogP contribution in [0.25, 0.3) is 0 Å². The molecule has 0 fully saturated rings. The van der Waals surface area contributed by atoms with E-state index in [0.717, 1.165) is 0 Å². The number of ether oxygens (including phenoxy) is 1. The van der Waals surface area contributed by atoms with Gasteiger partial charge in [-0.05, 0) is 31.5 Å². The second kappa shape index (κ2) is 6.64. The van der Waals surface area contributed by atoms with Gasteiger partial charge in [0.05, 0.1) is 12.2 Å². The van der Waals surface area contributed by atoms with E-state index in [1.807, 2.05) is 6.92 Å². The van der Waals surface area contributed by atoms with E-state index in [1.54, 1.807) is 6.07 Å². The fourth-order valence-corrected chi connectivity index (χ4v) is 1.53. The van der Waals surface area contributed by atoms with Crippen molar-refractivity contribution < 1.29 is 24.5 Å². The summed E-state index contributed by atoms with van der Waals surface area (Å²) in [5, 5.41) is 18.1. The molecule has 2 N–H and O–H groups in total. The molecule has 0 aromatic heterocycles. The minimum atomic E-state index is -0.935. The van der Waals surface area contributed by atoms with Crippen molar-refractivity contribution in [1.29, 1.82) is 0 Å². The molecule has 0 saturated carbocycles. The molecule has 0 radical (unpaired) electrons. The van der Waals surface area contributed by atoms with Crippen LogP contribution in [0.5, 0.6) is 11.5 Å². The predicted octanol–water partition coefficient (Wildman–Crippen LogP) is 2.23. The van der Waals surface area contributed by atoms with Crippen LogP contribution in [-0.4, -0.2) is 28.6 Å². The van der Waals surface area contributed by atoms with Crippen LogP contribution in [0.1, 0.15) is 36.5 Å². The Bertz CT molecular complexity index is 439. The van der Waals surface area contributed by atoms with E-state index in [9.17, 15) is 14.7 Å². The first-order chi connectivity index (χ1) is 8.54. The molecule has 1 rings (SSSR count). The SMILES string of the molecule is CCOc1ccc(O)c(C(=O)CCCC(=O)O)c1. The molecule has 98 valence electrons. The van der Waals surface area contributed by atoms with Crippen LogP contribution >= 0.6 is 0 Å². The Labute approximate surface area is 105 Å². The van der Waals surface area contributed by atoms with Crippen LogP contribution in [0.3, 0.4) is 0 Å². The minimum absolute atomic E-state index is 0.0579. The van der Waals surface area contributed by atoms with Gasteiger partial charge in [-0.15, -0.1) is 0 Å². The first kappa shape index (κ1) is 14.0. The zero-order valence-electron chi connectivity index (χ0n) is 10.2. The molecule has 0 bridgehead atoms. The topological polar surface area (TPSA) is 83.8 Å². The van der Waals surface area contributed by atoms with E-state index >= 15 is 0 Å². The van der Waals surface area contributed by atoms with Gasteiger partial charge < -0.3 is 14.9 Å². The summed E-state index contributed by atoms with van der Waals surface area (Å²) in [7, 11) is 0. The molecule has 1 aromatic carbocycles. The number of aromatic hydroxyl groups is 1. The standard InChI is InChI=1S/C13H16O5/c1-2-18-9-6-7-12(15)10(8-9)11(14)4-3-5-13(16)17/h6-8,15H,2-5H2,1H3,(H,16,17). The molecule has 5 nitrogen and oxygen atoms in total. The van der Waals surface area contributed by atoms with Gasteiger partial charge in [-0.1, -0.05) is 0 Å². The van der Waals surface area contributed by atoms with Crippen LogP contribution in [0.15, 0.2) is 18.2 Å². The molecule has 0 amide bonds. The third kappa shape index (κ3) is 4.08. The Balaban J connectivity index is 2.71. The van der Waals surface area contributed by atoms with Gasteiger partial charge in [0.15, 0.2) is 5.78 Å². The van der Waals surface area contributed by atoms with Gasteiger partial charge in [0.25, 0.3) is 0 Å². The first-order valence-electron chi connectivity index (χ1n) is 5.75. The average Bonchev–Trinajstić information content (AvgIpc) is 2.31. The van der Waals surface area contributed by atoms with E-state index in [2.05, 4.69) is 0 Å². The summed E-state index contributed by atoms with van der Waals surface area (Å²) in [5.41, 5.74) is 0.173. The Kier molecular flexibility index (Phi) is 5.17. The largest absolute Gasteiger partial charge is 0.507 e. The molecule has 0 unspecified atom stereocenters. The maximum absolute atomic E-state index is 11.8. The van der Waals surface area contributed by atoms with Crippen LogP contribution in [0, 0.1) is 0 Å². The number of carbonyl (C=O) groups is 2. The molecule has 18 heavy (non-hydrogen) atoms. The third-order valence-electron chi connectivity index (χ3n) is 2.37. The van der Waals surface area contributed by atoms with Crippen LogP contribution in [-0.2, 0) is 4.79 Å². The summed E-state index contributed by atoms with van der Waals surface area (Å²) in [6.07, 6.45) is 0.291. The lowest BCUT2D eigenvalue weighted by Gasteiger charge is -2.07. The van der Waals surface area contributed by atoms with Crippen molar-refractivity contribution in [2.24, 2.45) is 0 Å². The molecule has 5 heteroatoms. The van der Waals surface area contributed by atoms with Gasteiger partial charge in [0, 0.05) is 12.8 Å². The number of aliphatic carboxylic acids is 1. The number of benzene rings is 1. The Morgan fingerprint density at radius 3 is 2.61 bits per heavy atom. The molecule has 0 aliphatic heterocycles. The maximum atomic E-state index is 11.8. The lowest BCUT2D eigenvalue weighted by atomic mass is 10.0. The van der Waals surface area contributed by atoms with Gasteiger partial charge in [-0.25, -0.2) is 0 Å². The van der Waals surface area contributed by atoms with E-state index in [0.29, 0.717) is 12.4 Å². The molecule has 0 aliphatic carbocycles. The van der Waals surface area contributed by atoms with Gasteiger partial charge in [0.1, 0.15) is 11.5 Å². The summed E-state index contributed by atoms with van der Waals surface area (Å²) in [6, 6.07) is 4.45. The second-order valence-corrected chi connectivity index (χ2v) is 3.78. The summed E-state index contributed by atoms with van der Waals surface area (Å²) < 4.78 is 5.24. The number of hydrogen-bond acceptors (Lipinski definition) is 4. The molecule has 1 aromatic rings. The van der Waals surface area contributed by atoms with Crippen molar-refractivity contribution in [3.05, 3.63) is 23.8 Å². The highest BCUT2D eigenvalue weighted by molar-refractivity contribution is 5.99. The van der Waals surface area contributed by atoms with E-state index < -0.39 is 5.97 Å². The molecule has 0 saturated heterocycles. The van der Waals surface area contributed by atoms with E-state index in [4.69, 9.17) is 9.84 Å². The van der Waals surface area contributed by atoms with Crippen LogP contribution in [0.2, 0.25) is 0 Å². The smallest absolute Gasteiger partial charge is 0.303 e. The molecular weight excluding hydrogens is 236 g/mol. The maximum Gasteiger partial charge on any atom is 0.303 e. The normalized spacial score (nSPS) is 10.1. The Hall–Kier alpha value is -2.04. The highest BCUT2D eigenvalue weighted by Crippen LogP contribution is 2.24. The number of phenols is 1. The Morgan fingerprint density at radius 2 is 2.00 bits per heavy atom. The van der Waals surface area contributed by atoms with Crippen molar-refractivity contribution in [3.8, 4) is 11.5 Å². The summed E-state index contributed by atoms with van der Waals surface area (Å²) in [6.45, 7) is 2.29. The number of carbonyl (C=O) groups excluding carboxylic acids is 1. The lowest BCUT2D eigenvalue weighted by molar-refractivity contribution is -0.137. The zero-order valence-corrected chi connectivity index (χ0v) is 10.2. The van der Waals surface area contributed by atoms with Gasteiger partial charge >= 0.3 is 5.97 Å². The number of Topliss-reactive ketones (excluding diaryl/α,β-unsaturated/α-hetero) is 1. The van der Waals surface area contributed by atoms with Crippen LogP contribution < -0.4 is 4.74 Å².